The number of ether oxygens (including phenoxy) is 2. The molecule has 36 heavy (non-hydrogen) atoms. The Morgan fingerprint density at radius 1 is 0.944 bits per heavy atom. The molecule has 0 aromatic heterocycles. The van der Waals surface area contributed by atoms with Crippen molar-refractivity contribution in [1.29, 1.82) is 0 Å². The van der Waals surface area contributed by atoms with Crippen molar-refractivity contribution in [1.82, 2.24) is 15.5 Å². The number of urea groups is 1. The standard InChI is InChI=1S/C27H25N3O6/c1-27(20-11-13-21(35-2)14-12-20)25(33)30(26(34)29-27)17-23(31)36-22-10-6-9-19(15-22)24(32)28-16-18-7-4-3-5-8-18/h3-15H,16-17H2,1-2H3,(H,28,32)(H,29,34). The van der Waals surface area contributed by atoms with Crippen molar-refractivity contribution in [3.8, 4) is 11.5 Å². The first kappa shape index (κ1) is 24.5. The van der Waals surface area contributed by atoms with Gasteiger partial charge in [-0.1, -0.05) is 48.5 Å². The Morgan fingerprint density at radius 2 is 1.67 bits per heavy atom. The zero-order valence-electron chi connectivity index (χ0n) is 19.8. The highest BCUT2D eigenvalue weighted by molar-refractivity contribution is 6.09. The van der Waals surface area contributed by atoms with Crippen LogP contribution in [0.15, 0.2) is 78.9 Å². The minimum Gasteiger partial charge on any atom is -0.497 e. The van der Waals surface area contributed by atoms with E-state index in [1.165, 1.54) is 19.2 Å². The third kappa shape index (κ3) is 5.20. The lowest BCUT2D eigenvalue weighted by molar-refractivity contribution is -0.140. The van der Waals surface area contributed by atoms with Crippen molar-refractivity contribution in [3.63, 3.8) is 0 Å². The van der Waals surface area contributed by atoms with Crippen molar-refractivity contribution < 1.29 is 28.7 Å². The fourth-order valence-electron chi connectivity index (χ4n) is 3.83. The Balaban J connectivity index is 1.38. The number of hydrogen-bond acceptors (Lipinski definition) is 6. The van der Waals surface area contributed by atoms with Crippen LogP contribution in [0.3, 0.4) is 0 Å². The van der Waals surface area contributed by atoms with Gasteiger partial charge in [-0.25, -0.2) is 9.59 Å². The predicted molar refractivity (Wildman–Crippen MR) is 130 cm³/mol. The molecule has 0 radical (unpaired) electrons. The number of nitrogens with zero attached hydrogens (tertiary/aromatic N) is 1. The van der Waals surface area contributed by atoms with Gasteiger partial charge in [0.2, 0.25) is 0 Å². The Hall–Kier alpha value is -4.66. The molecule has 0 spiro atoms. The number of amides is 4. The topological polar surface area (TPSA) is 114 Å². The fourth-order valence-corrected chi connectivity index (χ4v) is 3.83. The number of rotatable bonds is 8. The van der Waals surface area contributed by atoms with Crippen LogP contribution in [0, 0.1) is 0 Å². The number of benzene rings is 3. The van der Waals surface area contributed by atoms with Crippen LogP contribution in [-0.2, 0) is 21.7 Å². The van der Waals surface area contributed by atoms with Gasteiger partial charge in [-0.2, -0.15) is 0 Å². The molecule has 1 atom stereocenters. The molecule has 9 nitrogen and oxygen atoms in total. The van der Waals surface area contributed by atoms with E-state index in [0.29, 0.717) is 23.4 Å². The molecule has 184 valence electrons. The molecule has 3 aromatic rings. The summed E-state index contributed by atoms with van der Waals surface area (Å²) in [6.07, 6.45) is 0. The van der Waals surface area contributed by atoms with Crippen LogP contribution < -0.4 is 20.1 Å². The lowest BCUT2D eigenvalue weighted by atomic mass is 9.92. The van der Waals surface area contributed by atoms with E-state index in [2.05, 4.69) is 10.6 Å². The minimum atomic E-state index is -1.33. The summed E-state index contributed by atoms with van der Waals surface area (Å²) >= 11 is 0. The Kier molecular flexibility index (Phi) is 7.00. The van der Waals surface area contributed by atoms with Gasteiger partial charge in [0.05, 0.1) is 7.11 Å². The third-order valence-electron chi connectivity index (χ3n) is 5.85. The van der Waals surface area contributed by atoms with Crippen LogP contribution in [0.25, 0.3) is 0 Å². The van der Waals surface area contributed by atoms with Gasteiger partial charge < -0.3 is 20.1 Å². The second-order valence-corrected chi connectivity index (χ2v) is 8.35. The van der Waals surface area contributed by atoms with E-state index in [-0.39, 0.29) is 11.7 Å². The maximum atomic E-state index is 13.1. The zero-order chi connectivity index (χ0) is 25.7. The third-order valence-corrected chi connectivity index (χ3v) is 5.85. The summed E-state index contributed by atoms with van der Waals surface area (Å²) in [6, 6.07) is 21.6. The molecule has 0 saturated carbocycles. The van der Waals surface area contributed by atoms with Gasteiger partial charge in [0.25, 0.3) is 11.8 Å². The molecule has 3 aromatic carbocycles. The van der Waals surface area contributed by atoms with Gasteiger partial charge in [0.1, 0.15) is 23.6 Å². The molecule has 1 fully saturated rings. The molecule has 0 bridgehead atoms. The first-order valence-electron chi connectivity index (χ1n) is 11.2. The van der Waals surface area contributed by atoms with E-state index < -0.39 is 30.0 Å². The molecule has 4 rings (SSSR count). The highest BCUT2D eigenvalue weighted by atomic mass is 16.5. The van der Waals surface area contributed by atoms with Crippen molar-refractivity contribution in [2.45, 2.75) is 19.0 Å². The number of esters is 1. The summed E-state index contributed by atoms with van der Waals surface area (Å²) < 4.78 is 10.5. The summed E-state index contributed by atoms with van der Waals surface area (Å²) in [6.45, 7) is 1.33. The van der Waals surface area contributed by atoms with Crippen molar-refractivity contribution in [2.24, 2.45) is 0 Å². The number of methoxy groups -OCH3 is 1. The van der Waals surface area contributed by atoms with E-state index in [1.807, 2.05) is 30.3 Å². The van der Waals surface area contributed by atoms with E-state index in [4.69, 9.17) is 9.47 Å². The quantitative estimate of drug-likeness (QED) is 0.287. The van der Waals surface area contributed by atoms with Gasteiger partial charge in [-0.3, -0.25) is 14.5 Å². The maximum Gasteiger partial charge on any atom is 0.331 e. The smallest absolute Gasteiger partial charge is 0.331 e. The minimum absolute atomic E-state index is 0.123. The van der Waals surface area contributed by atoms with Crippen LogP contribution in [0.2, 0.25) is 0 Å². The van der Waals surface area contributed by atoms with E-state index in [9.17, 15) is 19.2 Å². The lowest BCUT2D eigenvalue weighted by Crippen LogP contribution is -2.41. The van der Waals surface area contributed by atoms with Crippen LogP contribution in [-0.4, -0.2) is 42.4 Å². The van der Waals surface area contributed by atoms with Gasteiger partial charge in [-0.05, 0) is 48.4 Å². The average molecular weight is 488 g/mol. The summed E-state index contributed by atoms with van der Waals surface area (Å²) in [5, 5.41) is 5.45. The normalized spacial score (nSPS) is 16.9. The van der Waals surface area contributed by atoms with Crippen LogP contribution in [0.4, 0.5) is 4.79 Å². The molecule has 0 aliphatic carbocycles. The van der Waals surface area contributed by atoms with Gasteiger partial charge >= 0.3 is 12.0 Å². The lowest BCUT2D eigenvalue weighted by Gasteiger charge is -2.22. The first-order valence-corrected chi connectivity index (χ1v) is 11.2. The summed E-state index contributed by atoms with van der Waals surface area (Å²) in [5.41, 5.74) is 0.467. The highest BCUT2D eigenvalue weighted by Gasteiger charge is 2.49. The second-order valence-electron chi connectivity index (χ2n) is 8.35. The van der Waals surface area contributed by atoms with Gasteiger partial charge in [-0.15, -0.1) is 0 Å². The molecular formula is C27H25N3O6. The Labute approximate surface area is 208 Å². The molecule has 1 unspecified atom stereocenters. The molecule has 1 saturated heterocycles. The molecule has 1 heterocycles. The maximum absolute atomic E-state index is 13.1. The van der Waals surface area contributed by atoms with Crippen LogP contribution in [0.1, 0.15) is 28.4 Å². The number of nitrogens with one attached hydrogen (secondary N) is 2. The van der Waals surface area contributed by atoms with E-state index >= 15 is 0 Å². The van der Waals surface area contributed by atoms with Gasteiger partial charge in [0.15, 0.2) is 0 Å². The molecule has 9 heteroatoms. The monoisotopic (exact) mass is 487 g/mol. The number of imide groups is 1. The van der Waals surface area contributed by atoms with E-state index in [0.717, 1.165) is 10.5 Å². The summed E-state index contributed by atoms with van der Waals surface area (Å²) in [7, 11) is 1.53. The Bertz CT molecular complexity index is 1290. The van der Waals surface area contributed by atoms with Crippen molar-refractivity contribution in [3.05, 3.63) is 95.6 Å². The molecule has 1 aliphatic heterocycles. The largest absolute Gasteiger partial charge is 0.497 e. The highest BCUT2D eigenvalue weighted by Crippen LogP contribution is 2.30. The zero-order valence-corrected chi connectivity index (χ0v) is 19.8. The van der Waals surface area contributed by atoms with Gasteiger partial charge in [0, 0.05) is 12.1 Å². The number of hydrogen-bond donors (Lipinski definition) is 2. The first-order chi connectivity index (χ1) is 17.3. The molecule has 2 N–H and O–H groups in total. The number of carbonyl (C=O) groups is 4. The summed E-state index contributed by atoms with van der Waals surface area (Å²) in [4.78, 5) is 51.5. The number of carbonyl (C=O) groups excluding carboxylic acids is 4. The summed E-state index contributed by atoms with van der Waals surface area (Å²) in [5.74, 6) is -1.00. The average Bonchev–Trinajstić information content (AvgIpc) is 3.11. The SMILES string of the molecule is COc1ccc(C2(C)NC(=O)N(CC(=O)Oc3cccc(C(=O)NCc4ccccc4)c3)C2=O)cc1. The van der Waals surface area contributed by atoms with Crippen molar-refractivity contribution in [2.75, 3.05) is 13.7 Å². The van der Waals surface area contributed by atoms with Crippen molar-refractivity contribution >= 4 is 23.8 Å². The predicted octanol–water partition coefficient (Wildman–Crippen LogP) is 3.00. The van der Waals surface area contributed by atoms with Crippen LogP contribution >= 0.6 is 0 Å². The second kappa shape index (κ2) is 10.3. The molecular weight excluding hydrogens is 462 g/mol. The van der Waals surface area contributed by atoms with Crippen LogP contribution in [0.5, 0.6) is 11.5 Å². The molecule has 4 amide bonds. The Morgan fingerprint density at radius 3 is 2.36 bits per heavy atom. The molecule has 1 aliphatic rings. The fraction of sp³-hybridized carbons (Fsp3) is 0.185. The van der Waals surface area contributed by atoms with E-state index in [1.54, 1.807) is 43.3 Å².